The molecule has 1 aromatic rings. The Kier molecular flexibility index (Phi) is 3.45. The molecular weight excluding hydrogens is 234 g/mol. The van der Waals surface area contributed by atoms with Gasteiger partial charge in [-0.05, 0) is 26.3 Å². The van der Waals surface area contributed by atoms with E-state index in [1.807, 2.05) is 45.0 Å². The Balaban J connectivity index is 2.36. The lowest BCUT2D eigenvalue weighted by atomic mass is 10.0. The average molecular weight is 251 g/mol. The van der Waals surface area contributed by atoms with E-state index in [4.69, 9.17) is 4.74 Å². The summed E-state index contributed by atoms with van der Waals surface area (Å²) in [6.45, 7) is 6.81. The maximum Gasteiger partial charge on any atom is 0.145 e. The van der Waals surface area contributed by atoms with Crippen LogP contribution >= 0.6 is 0 Å². The van der Waals surface area contributed by atoms with E-state index in [1.165, 1.54) is 0 Å². The van der Waals surface area contributed by atoms with Gasteiger partial charge >= 0.3 is 0 Å². The minimum atomic E-state index is -1.23. The smallest absolute Gasteiger partial charge is 0.145 e. The molecule has 2 rings (SSSR count). The van der Waals surface area contributed by atoms with E-state index in [0.717, 1.165) is 16.8 Å². The first-order valence-corrected chi connectivity index (χ1v) is 6.75. The Morgan fingerprint density at radius 1 is 1.24 bits per heavy atom. The van der Waals surface area contributed by atoms with Crippen LogP contribution in [-0.2, 0) is 22.3 Å². The van der Waals surface area contributed by atoms with Gasteiger partial charge in [0.25, 0.3) is 0 Å². The maximum absolute atomic E-state index is 12.0. The lowest BCUT2D eigenvalue weighted by Crippen LogP contribution is -2.24. The summed E-state index contributed by atoms with van der Waals surface area (Å²) in [7, 11) is -1.23. The van der Waals surface area contributed by atoms with Gasteiger partial charge in [0.15, 0.2) is 0 Å². The Morgan fingerprint density at radius 2 is 1.94 bits per heavy atom. The Hall–Kier alpha value is -1.00. The normalized spacial score (nSPS) is 20.1. The minimum Gasteiger partial charge on any atom is -0.370 e. The highest BCUT2D eigenvalue weighted by atomic mass is 32.2. The SMILES string of the molecule is CC(C)(C)[S@@](=O)N=C1COCc2ccccc21. The monoisotopic (exact) mass is 251 g/mol. The lowest BCUT2D eigenvalue weighted by molar-refractivity contribution is 0.152. The fraction of sp³-hybridized carbons (Fsp3) is 0.462. The van der Waals surface area contributed by atoms with Crippen LogP contribution in [0.25, 0.3) is 0 Å². The molecule has 17 heavy (non-hydrogen) atoms. The fourth-order valence-electron chi connectivity index (χ4n) is 1.58. The summed E-state index contributed by atoms with van der Waals surface area (Å²) in [4.78, 5) is 0. The zero-order chi connectivity index (χ0) is 12.5. The Bertz CT molecular complexity index is 475. The van der Waals surface area contributed by atoms with Crippen molar-refractivity contribution < 1.29 is 8.95 Å². The summed E-state index contributed by atoms with van der Waals surface area (Å²) in [5.41, 5.74) is 2.97. The Morgan fingerprint density at radius 3 is 2.65 bits per heavy atom. The van der Waals surface area contributed by atoms with Crippen molar-refractivity contribution in [3.63, 3.8) is 0 Å². The maximum atomic E-state index is 12.0. The van der Waals surface area contributed by atoms with Crippen LogP contribution in [0, 0.1) is 0 Å². The van der Waals surface area contributed by atoms with Gasteiger partial charge in [0.1, 0.15) is 11.0 Å². The largest absolute Gasteiger partial charge is 0.370 e. The van der Waals surface area contributed by atoms with E-state index in [1.54, 1.807) is 0 Å². The molecule has 1 heterocycles. The van der Waals surface area contributed by atoms with Crippen molar-refractivity contribution in [2.45, 2.75) is 32.1 Å². The first-order valence-electron chi connectivity index (χ1n) is 5.64. The number of nitrogens with zero attached hydrogens (tertiary/aromatic N) is 1. The van der Waals surface area contributed by atoms with Gasteiger partial charge in [-0.1, -0.05) is 24.3 Å². The number of fused-ring (bicyclic) bond motifs is 1. The van der Waals surface area contributed by atoms with Crippen molar-refractivity contribution in [1.82, 2.24) is 0 Å². The van der Waals surface area contributed by atoms with Gasteiger partial charge in [-0.3, -0.25) is 0 Å². The second-order valence-electron chi connectivity index (χ2n) is 5.05. The molecule has 4 heteroatoms. The minimum absolute atomic E-state index is 0.334. The second kappa shape index (κ2) is 4.70. The van der Waals surface area contributed by atoms with Crippen LogP contribution < -0.4 is 0 Å². The molecule has 0 fully saturated rings. The number of hydrogen-bond donors (Lipinski definition) is 0. The van der Waals surface area contributed by atoms with Crippen LogP contribution in [-0.4, -0.2) is 21.3 Å². The van der Waals surface area contributed by atoms with Crippen LogP contribution in [0.1, 0.15) is 31.9 Å². The van der Waals surface area contributed by atoms with Gasteiger partial charge in [-0.25, -0.2) is 4.21 Å². The number of hydrogen-bond acceptors (Lipinski definition) is 2. The molecule has 0 aliphatic carbocycles. The summed E-state index contributed by atoms with van der Waals surface area (Å²) in [6, 6.07) is 7.98. The van der Waals surface area contributed by atoms with Gasteiger partial charge in [0, 0.05) is 5.56 Å². The van der Waals surface area contributed by atoms with Crippen LogP contribution in [0.3, 0.4) is 0 Å². The molecule has 0 saturated carbocycles. The Labute approximate surface area is 104 Å². The van der Waals surface area contributed by atoms with E-state index in [-0.39, 0.29) is 4.75 Å². The molecule has 0 bridgehead atoms. The van der Waals surface area contributed by atoms with E-state index >= 15 is 0 Å². The first-order chi connectivity index (χ1) is 7.98. The van der Waals surface area contributed by atoms with E-state index < -0.39 is 11.0 Å². The average Bonchev–Trinajstić information content (AvgIpc) is 2.28. The number of ether oxygens (including phenoxy) is 1. The van der Waals surface area contributed by atoms with Gasteiger partial charge in [-0.2, -0.15) is 4.40 Å². The van der Waals surface area contributed by atoms with Crippen molar-refractivity contribution >= 4 is 16.7 Å². The standard InChI is InChI=1S/C13H17NO2S/c1-13(2,3)17(15)14-12-9-16-8-10-6-4-5-7-11(10)12/h4-7H,8-9H2,1-3H3/t17-/m1/s1. The van der Waals surface area contributed by atoms with Crippen LogP contribution in [0.2, 0.25) is 0 Å². The van der Waals surface area contributed by atoms with Gasteiger partial charge in [0.2, 0.25) is 0 Å². The molecule has 0 unspecified atom stereocenters. The molecule has 0 N–H and O–H groups in total. The summed E-state index contributed by atoms with van der Waals surface area (Å²) < 4.78 is 21.4. The highest BCUT2D eigenvalue weighted by Gasteiger charge is 2.22. The van der Waals surface area contributed by atoms with Crippen molar-refractivity contribution in [2.75, 3.05) is 6.61 Å². The van der Waals surface area contributed by atoms with Crippen molar-refractivity contribution in [1.29, 1.82) is 0 Å². The highest BCUT2D eigenvalue weighted by molar-refractivity contribution is 7.85. The predicted molar refractivity (Wildman–Crippen MR) is 70.5 cm³/mol. The molecule has 1 aromatic carbocycles. The van der Waals surface area contributed by atoms with E-state index in [0.29, 0.717) is 13.2 Å². The van der Waals surface area contributed by atoms with Crippen LogP contribution in [0.4, 0.5) is 0 Å². The van der Waals surface area contributed by atoms with Crippen molar-refractivity contribution in [3.8, 4) is 0 Å². The molecule has 0 spiro atoms. The number of rotatable bonds is 1. The molecular formula is C13H17NO2S. The summed E-state index contributed by atoms with van der Waals surface area (Å²) in [5.74, 6) is 0. The summed E-state index contributed by atoms with van der Waals surface area (Å²) in [5, 5.41) is 0. The molecule has 0 radical (unpaired) electrons. The highest BCUT2D eigenvalue weighted by Crippen LogP contribution is 2.19. The van der Waals surface area contributed by atoms with Crippen LogP contribution in [0.15, 0.2) is 28.7 Å². The molecule has 1 aliphatic heterocycles. The molecule has 92 valence electrons. The second-order valence-corrected chi connectivity index (χ2v) is 6.96. The van der Waals surface area contributed by atoms with Gasteiger partial charge in [-0.15, -0.1) is 0 Å². The molecule has 3 nitrogen and oxygen atoms in total. The summed E-state index contributed by atoms with van der Waals surface area (Å²) in [6.07, 6.45) is 0. The lowest BCUT2D eigenvalue weighted by Gasteiger charge is -2.20. The fourth-order valence-corrected chi connectivity index (χ4v) is 2.20. The van der Waals surface area contributed by atoms with Crippen molar-refractivity contribution in [2.24, 2.45) is 4.40 Å². The van der Waals surface area contributed by atoms with Crippen LogP contribution in [0.5, 0.6) is 0 Å². The summed E-state index contributed by atoms with van der Waals surface area (Å²) >= 11 is 0. The van der Waals surface area contributed by atoms with Gasteiger partial charge < -0.3 is 4.74 Å². The zero-order valence-corrected chi connectivity index (χ0v) is 11.2. The molecule has 0 aromatic heterocycles. The third kappa shape index (κ3) is 2.82. The topological polar surface area (TPSA) is 38.7 Å². The quantitative estimate of drug-likeness (QED) is 0.769. The zero-order valence-electron chi connectivity index (χ0n) is 10.4. The molecule has 0 amide bonds. The third-order valence-corrected chi connectivity index (χ3v) is 3.98. The third-order valence-electron chi connectivity index (χ3n) is 2.54. The van der Waals surface area contributed by atoms with Crippen molar-refractivity contribution in [3.05, 3.63) is 35.4 Å². The van der Waals surface area contributed by atoms with Gasteiger partial charge in [0.05, 0.1) is 23.7 Å². The molecule has 1 aliphatic rings. The molecule has 1 atom stereocenters. The number of benzene rings is 1. The van der Waals surface area contributed by atoms with E-state index in [9.17, 15) is 4.21 Å². The van der Waals surface area contributed by atoms with E-state index in [2.05, 4.69) is 4.40 Å². The first kappa shape index (κ1) is 12.5. The predicted octanol–water partition coefficient (Wildman–Crippen LogP) is 2.47. The molecule has 0 saturated heterocycles.